The molecule has 0 N–H and O–H groups in total. The third-order valence-corrected chi connectivity index (χ3v) is 8.95. The highest BCUT2D eigenvalue weighted by molar-refractivity contribution is 5.32. The van der Waals surface area contributed by atoms with E-state index in [1.54, 1.807) is 12.1 Å². The van der Waals surface area contributed by atoms with Crippen molar-refractivity contribution >= 4 is 0 Å². The number of hydrogen-bond acceptors (Lipinski definition) is 1. The molecule has 1 nitrogen and oxygen atoms in total. The quantitative estimate of drug-likeness (QED) is 0.271. The third kappa shape index (κ3) is 7.33. The van der Waals surface area contributed by atoms with Crippen LogP contribution in [0.5, 0.6) is 5.75 Å². The molecule has 0 heterocycles. The van der Waals surface area contributed by atoms with Gasteiger partial charge < -0.3 is 4.74 Å². The maximum atomic E-state index is 15.2. The second-order valence-electron chi connectivity index (χ2n) is 11.6. The van der Waals surface area contributed by atoms with Gasteiger partial charge in [-0.15, -0.1) is 0 Å². The normalized spacial score (nSPS) is 24.2. The van der Waals surface area contributed by atoms with Crippen LogP contribution in [0.2, 0.25) is 0 Å². The Bertz CT molecular complexity index is 987. The van der Waals surface area contributed by atoms with Gasteiger partial charge in [0.1, 0.15) is 0 Å². The first kappa shape index (κ1) is 28.0. The van der Waals surface area contributed by atoms with E-state index in [0.29, 0.717) is 29.4 Å². The maximum absolute atomic E-state index is 15.2. The van der Waals surface area contributed by atoms with Crippen molar-refractivity contribution in [2.45, 2.75) is 116 Å². The number of aryl methyl sites for hydroxylation is 1. The summed E-state index contributed by atoms with van der Waals surface area (Å²) < 4.78 is 50.7. The number of ether oxygens (including phenoxy) is 1. The summed E-state index contributed by atoms with van der Waals surface area (Å²) in [6.07, 6.45) is 14.3. The molecule has 0 spiro atoms. The van der Waals surface area contributed by atoms with Gasteiger partial charge in [0, 0.05) is 0 Å². The lowest BCUT2D eigenvalue weighted by Gasteiger charge is -2.31. The van der Waals surface area contributed by atoms with E-state index >= 15 is 8.78 Å². The summed E-state index contributed by atoms with van der Waals surface area (Å²) in [7, 11) is 0. The van der Waals surface area contributed by atoms with E-state index in [-0.39, 0.29) is 17.7 Å². The van der Waals surface area contributed by atoms with Crippen molar-refractivity contribution in [3.63, 3.8) is 0 Å². The van der Waals surface area contributed by atoms with E-state index in [2.05, 4.69) is 13.8 Å². The van der Waals surface area contributed by atoms with Crippen LogP contribution in [0.4, 0.5) is 13.2 Å². The van der Waals surface area contributed by atoms with E-state index in [1.807, 2.05) is 18.2 Å². The standard InChI is InChI=1S/C33H45F3O/c1-3-5-6-8-24-13-20-31(30(34)21-24)37-22-25-11-16-27(17-12-25)29-19-18-28(32(35)33(29)36)26-14-9-23(7-4-2)10-15-26/h13,18-21,23,25-27H,3-12,14-17,22H2,1-2H3. The van der Waals surface area contributed by atoms with Gasteiger partial charge >= 0.3 is 0 Å². The summed E-state index contributed by atoms with van der Waals surface area (Å²) in [6, 6.07) is 9.02. The molecule has 0 radical (unpaired) electrons. The van der Waals surface area contributed by atoms with Crippen LogP contribution in [-0.2, 0) is 6.42 Å². The molecular formula is C33H45F3O. The molecule has 0 aromatic heterocycles. The fourth-order valence-corrected chi connectivity index (χ4v) is 6.62. The molecule has 37 heavy (non-hydrogen) atoms. The number of unbranched alkanes of at least 4 members (excludes halogenated alkanes) is 2. The van der Waals surface area contributed by atoms with Crippen LogP contribution in [0.25, 0.3) is 0 Å². The van der Waals surface area contributed by atoms with Crippen molar-refractivity contribution in [2.24, 2.45) is 11.8 Å². The van der Waals surface area contributed by atoms with Crippen molar-refractivity contribution in [1.29, 1.82) is 0 Å². The predicted octanol–water partition coefficient (Wildman–Crippen LogP) is 10.3. The van der Waals surface area contributed by atoms with Gasteiger partial charge in [-0.25, -0.2) is 13.2 Å². The Kier molecular flexibility index (Phi) is 10.4. The van der Waals surface area contributed by atoms with Crippen molar-refractivity contribution in [2.75, 3.05) is 6.61 Å². The second-order valence-corrected chi connectivity index (χ2v) is 11.6. The molecule has 0 bridgehead atoms. The van der Waals surface area contributed by atoms with Crippen LogP contribution in [0.3, 0.4) is 0 Å². The molecule has 2 saturated carbocycles. The minimum Gasteiger partial charge on any atom is -0.490 e. The third-order valence-electron chi connectivity index (χ3n) is 8.95. The SMILES string of the molecule is CCCCCc1ccc(OCC2CCC(c3ccc(C4CCC(CCC)CC4)c(F)c3F)CC2)c(F)c1. The van der Waals surface area contributed by atoms with Crippen molar-refractivity contribution in [3.05, 3.63) is 64.5 Å². The highest BCUT2D eigenvalue weighted by atomic mass is 19.2. The van der Waals surface area contributed by atoms with E-state index in [0.717, 1.165) is 88.5 Å². The molecule has 0 atom stereocenters. The molecule has 4 heteroatoms. The average molecular weight is 515 g/mol. The maximum Gasteiger partial charge on any atom is 0.165 e. The van der Waals surface area contributed by atoms with E-state index in [9.17, 15) is 4.39 Å². The summed E-state index contributed by atoms with van der Waals surface area (Å²) in [5.41, 5.74) is 2.13. The number of benzene rings is 2. The van der Waals surface area contributed by atoms with Crippen LogP contribution < -0.4 is 4.74 Å². The zero-order valence-corrected chi connectivity index (χ0v) is 22.8. The first-order chi connectivity index (χ1) is 18.0. The first-order valence-corrected chi connectivity index (χ1v) is 14.9. The Morgan fingerprint density at radius 3 is 1.84 bits per heavy atom. The Morgan fingerprint density at radius 1 is 0.703 bits per heavy atom. The topological polar surface area (TPSA) is 9.23 Å². The van der Waals surface area contributed by atoms with Gasteiger partial charge in [-0.05, 0) is 117 Å². The summed E-state index contributed by atoms with van der Waals surface area (Å²) in [5.74, 6) is 0.0244. The largest absolute Gasteiger partial charge is 0.490 e. The summed E-state index contributed by atoms with van der Waals surface area (Å²) in [5, 5.41) is 0. The molecule has 0 saturated heterocycles. The van der Waals surface area contributed by atoms with Gasteiger partial charge in [0.2, 0.25) is 0 Å². The average Bonchev–Trinajstić information content (AvgIpc) is 2.91. The van der Waals surface area contributed by atoms with Gasteiger partial charge in [-0.1, -0.05) is 57.7 Å². The van der Waals surface area contributed by atoms with Crippen LogP contribution in [-0.4, -0.2) is 6.61 Å². The highest BCUT2D eigenvalue weighted by Crippen LogP contribution is 2.42. The molecule has 0 aliphatic heterocycles. The van der Waals surface area contributed by atoms with Crippen molar-refractivity contribution < 1.29 is 17.9 Å². The molecule has 2 aromatic rings. The number of rotatable bonds is 11. The number of hydrogen-bond donors (Lipinski definition) is 0. The molecule has 0 amide bonds. The lowest BCUT2D eigenvalue weighted by molar-refractivity contribution is 0.193. The molecule has 2 aliphatic carbocycles. The lowest BCUT2D eigenvalue weighted by atomic mass is 9.75. The molecule has 2 aromatic carbocycles. The number of halogens is 3. The Hall–Kier alpha value is -1.97. The van der Waals surface area contributed by atoms with Gasteiger partial charge in [0.25, 0.3) is 0 Å². The molecular weight excluding hydrogens is 469 g/mol. The Morgan fingerprint density at radius 2 is 1.30 bits per heavy atom. The smallest absolute Gasteiger partial charge is 0.165 e. The zero-order valence-electron chi connectivity index (χ0n) is 22.8. The first-order valence-electron chi connectivity index (χ1n) is 14.9. The minimum atomic E-state index is -0.631. The van der Waals surface area contributed by atoms with E-state index in [1.165, 1.54) is 12.8 Å². The minimum absolute atomic E-state index is 0.0410. The van der Waals surface area contributed by atoms with Crippen LogP contribution >= 0.6 is 0 Å². The van der Waals surface area contributed by atoms with E-state index < -0.39 is 11.6 Å². The monoisotopic (exact) mass is 514 g/mol. The second kappa shape index (κ2) is 13.7. The van der Waals surface area contributed by atoms with Gasteiger partial charge in [0.15, 0.2) is 23.2 Å². The Balaban J connectivity index is 1.27. The van der Waals surface area contributed by atoms with Gasteiger partial charge in [-0.3, -0.25) is 0 Å². The molecule has 2 aliphatic rings. The molecule has 2 fully saturated rings. The fraction of sp³-hybridized carbons (Fsp3) is 0.636. The van der Waals surface area contributed by atoms with Crippen molar-refractivity contribution in [3.8, 4) is 5.75 Å². The Labute approximate surface area is 222 Å². The molecule has 4 rings (SSSR count). The van der Waals surface area contributed by atoms with Crippen molar-refractivity contribution in [1.82, 2.24) is 0 Å². The zero-order chi connectivity index (χ0) is 26.2. The summed E-state index contributed by atoms with van der Waals surface area (Å²) in [4.78, 5) is 0. The summed E-state index contributed by atoms with van der Waals surface area (Å²) in [6.45, 7) is 4.85. The predicted molar refractivity (Wildman–Crippen MR) is 146 cm³/mol. The van der Waals surface area contributed by atoms with Crippen LogP contribution in [0, 0.1) is 29.3 Å². The highest BCUT2D eigenvalue weighted by Gasteiger charge is 2.30. The fourth-order valence-electron chi connectivity index (χ4n) is 6.62. The lowest BCUT2D eigenvalue weighted by Crippen LogP contribution is -2.21. The molecule has 0 unspecified atom stereocenters. The summed E-state index contributed by atoms with van der Waals surface area (Å²) >= 11 is 0. The molecule has 204 valence electrons. The van der Waals surface area contributed by atoms with E-state index in [4.69, 9.17) is 4.74 Å². The van der Waals surface area contributed by atoms with Crippen LogP contribution in [0.15, 0.2) is 30.3 Å². The van der Waals surface area contributed by atoms with Gasteiger partial charge in [0.05, 0.1) is 6.61 Å². The van der Waals surface area contributed by atoms with Crippen LogP contribution in [0.1, 0.15) is 126 Å². The van der Waals surface area contributed by atoms with Gasteiger partial charge in [-0.2, -0.15) is 0 Å².